The number of furan rings is 1. The van der Waals surface area contributed by atoms with Crippen molar-refractivity contribution in [3.63, 3.8) is 0 Å². The monoisotopic (exact) mass is 394 g/mol. The predicted molar refractivity (Wildman–Crippen MR) is 114 cm³/mol. The molecule has 5 heteroatoms. The summed E-state index contributed by atoms with van der Waals surface area (Å²) in [5.74, 6) is 0.521. The zero-order valence-corrected chi connectivity index (χ0v) is 16.6. The van der Waals surface area contributed by atoms with Gasteiger partial charge in [-0.2, -0.15) is 0 Å². The first kappa shape index (κ1) is 20.6. The summed E-state index contributed by atoms with van der Waals surface area (Å²) in [4.78, 5) is 0. The molecule has 3 aromatic rings. The molecule has 2 aromatic carbocycles. The van der Waals surface area contributed by atoms with Crippen LogP contribution < -0.4 is 0 Å². The van der Waals surface area contributed by atoms with Crippen LogP contribution in [0.15, 0.2) is 64.6 Å². The van der Waals surface area contributed by atoms with Crippen LogP contribution in [0.3, 0.4) is 0 Å². The Morgan fingerprint density at radius 1 is 1.07 bits per heavy atom. The van der Waals surface area contributed by atoms with Crippen molar-refractivity contribution >= 4 is 11.0 Å². The zero-order valence-electron chi connectivity index (χ0n) is 16.6. The Morgan fingerprint density at radius 3 is 2.55 bits per heavy atom. The third-order valence-corrected chi connectivity index (χ3v) is 5.02. The van der Waals surface area contributed by atoms with Gasteiger partial charge < -0.3 is 24.8 Å². The van der Waals surface area contributed by atoms with Gasteiger partial charge in [0.1, 0.15) is 28.6 Å². The van der Waals surface area contributed by atoms with Gasteiger partial charge in [0.25, 0.3) is 0 Å². The topological polar surface area (TPSA) is 94.1 Å². The molecule has 3 rings (SSSR count). The number of allylic oxidation sites excluding steroid dienone is 2. The van der Waals surface area contributed by atoms with Crippen molar-refractivity contribution in [2.75, 3.05) is 0 Å². The van der Waals surface area contributed by atoms with Crippen molar-refractivity contribution in [3.8, 4) is 28.6 Å². The van der Waals surface area contributed by atoms with Crippen LogP contribution >= 0.6 is 0 Å². The lowest BCUT2D eigenvalue weighted by Gasteiger charge is -2.11. The molecule has 1 unspecified atom stereocenters. The van der Waals surface area contributed by atoms with Crippen LogP contribution in [0.2, 0.25) is 0 Å². The van der Waals surface area contributed by atoms with E-state index in [0.29, 0.717) is 41.7 Å². The van der Waals surface area contributed by atoms with Gasteiger partial charge in [-0.3, -0.25) is 0 Å². The minimum Gasteiger partial charge on any atom is -0.508 e. The first-order valence-corrected chi connectivity index (χ1v) is 9.51. The summed E-state index contributed by atoms with van der Waals surface area (Å²) in [6.07, 6.45) is 3.22. The van der Waals surface area contributed by atoms with E-state index in [1.165, 1.54) is 12.1 Å². The molecule has 0 bridgehead atoms. The number of phenolic OH excluding ortho intramolecular Hbond substituents is 3. The molecule has 29 heavy (non-hydrogen) atoms. The number of phenols is 3. The highest BCUT2D eigenvalue weighted by atomic mass is 16.3. The molecule has 0 saturated carbocycles. The molecule has 0 amide bonds. The van der Waals surface area contributed by atoms with Crippen molar-refractivity contribution in [1.82, 2.24) is 0 Å². The zero-order chi connectivity index (χ0) is 21.1. The molecule has 1 atom stereocenters. The summed E-state index contributed by atoms with van der Waals surface area (Å²) >= 11 is 0. The summed E-state index contributed by atoms with van der Waals surface area (Å²) in [7, 11) is 0. The molecule has 152 valence electrons. The van der Waals surface area contributed by atoms with Gasteiger partial charge in [-0.05, 0) is 57.4 Å². The largest absolute Gasteiger partial charge is 0.508 e. The van der Waals surface area contributed by atoms with E-state index in [1.54, 1.807) is 25.1 Å². The van der Waals surface area contributed by atoms with Gasteiger partial charge in [0.2, 0.25) is 0 Å². The number of rotatable bonds is 7. The summed E-state index contributed by atoms with van der Waals surface area (Å²) in [5.41, 5.74) is 3.56. The Morgan fingerprint density at radius 2 is 1.83 bits per heavy atom. The molecule has 1 heterocycles. The van der Waals surface area contributed by atoms with Crippen LogP contribution in [-0.2, 0) is 6.42 Å². The van der Waals surface area contributed by atoms with Crippen molar-refractivity contribution < 1.29 is 24.8 Å². The van der Waals surface area contributed by atoms with E-state index < -0.39 is 6.10 Å². The number of aliphatic hydroxyl groups excluding tert-OH is 1. The molecule has 0 aliphatic carbocycles. The second kappa shape index (κ2) is 8.45. The van der Waals surface area contributed by atoms with Crippen LogP contribution in [0.5, 0.6) is 17.2 Å². The van der Waals surface area contributed by atoms with Gasteiger partial charge in [-0.25, -0.2) is 0 Å². The first-order valence-electron chi connectivity index (χ1n) is 9.51. The lowest BCUT2D eigenvalue weighted by Crippen LogP contribution is -2.06. The Labute approximate surface area is 169 Å². The molecule has 0 saturated heterocycles. The van der Waals surface area contributed by atoms with Crippen molar-refractivity contribution in [3.05, 3.63) is 65.8 Å². The second-order valence-electron chi connectivity index (χ2n) is 7.48. The standard InChI is InChI=1S/C24H26O5/c1-14(2)21(27)9-5-15(3)4-8-19-20(11-18(26)12-22(19)28)24-10-16-6-7-17(25)13-23(16)29-24/h4,6-7,10-13,21,25-28H,1,5,8-9H2,2-3H3. The highest BCUT2D eigenvalue weighted by Gasteiger charge is 2.16. The van der Waals surface area contributed by atoms with Crippen molar-refractivity contribution in [1.29, 1.82) is 0 Å². The van der Waals surface area contributed by atoms with E-state index >= 15 is 0 Å². The maximum absolute atomic E-state index is 10.4. The highest BCUT2D eigenvalue weighted by Crippen LogP contribution is 2.38. The molecule has 0 aliphatic heterocycles. The van der Waals surface area contributed by atoms with Crippen LogP contribution in [0.1, 0.15) is 32.3 Å². The van der Waals surface area contributed by atoms with E-state index in [9.17, 15) is 20.4 Å². The predicted octanol–water partition coefficient (Wildman–Crippen LogP) is 5.42. The molecule has 4 N–H and O–H groups in total. The minimum absolute atomic E-state index is 0.0191. The van der Waals surface area contributed by atoms with Gasteiger partial charge in [0.05, 0.1) is 6.10 Å². The smallest absolute Gasteiger partial charge is 0.138 e. The molecule has 0 radical (unpaired) electrons. The van der Waals surface area contributed by atoms with E-state index in [4.69, 9.17) is 4.42 Å². The quantitative estimate of drug-likeness (QED) is 0.401. The Hall–Kier alpha value is -3.18. The minimum atomic E-state index is -0.525. The van der Waals surface area contributed by atoms with Gasteiger partial charge >= 0.3 is 0 Å². The van der Waals surface area contributed by atoms with Gasteiger partial charge in [-0.15, -0.1) is 0 Å². The number of hydrogen-bond donors (Lipinski definition) is 4. The summed E-state index contributed by atoms with van der Waals surface area (Å²) < 4.78 is 5.85. The highest BCUT2D eigenvalue weighted by molar-refractivity contribution is 5.85. The Kier molecular flexibility index (Phi) is 5.99. The van der Waals surface area contributed by atoms with Crippen LogP contribution in [0.25, 0.3) is 22.3 Å². The third kappa shape index (κ3) is 4.81. The summed E-state index contributed by atoms with van der Waals surface area (Å²) in [5, 5.41) is 40.8. The van der Waals surface area contributed by atoms with Gasteiger partial charge in [0, 0.05) is 28.6 Å². The molecule has 0 aliphatic rings. The molecule has 1 aromatic heterocycles. The normalized spacial score (nSPS) is 13.0. The Bertz CT molecular complexity index is 1070. The summed E-state index contributed by atoms with van der Waals surface area (Å²) in [6.45, 7) is 7.54. The fourth-order valence-electron chi connectivity index (χ4n) is 3.22. The van der Waals surface area contributed by atoms with E-state index in [-0.39, 0.29) is 17.2 Å². The van der Waals surface area contributed by atoms with Crippen LogP contribution in [-0.4, -0.2) is 26.5 Å². The third-order valence-electron chi connectivity index (χ3n) is 5.02. The lowest BCUT2D eigenvalue weighted by atomic mass is 9.98. The number of benzene rings is 2. The molecular formula is C24H26O5. The maximum Gasteiger partial charge on any atom is 0.138 e. The SMILES string of the molecule is C=C(C)C(O)CCC(C)=CCc1c(O)cc(O)cc1-c1cc2ccc(O)cc2o1. The molecule has 0 spiro atoms. The fraction of sp³-hybridized carbons (Fsp3) is 0.250. The lowest BCUT2D eigenvalue weighted by molar-refractivity contribution is 0.201. The van der Waals surface area contributed by atoms with E-state index in [0.717, 1.165) is 16.5 Å². The second-order valence-corrected chi connectivity index (χ2v) is 7.48. The Balaban J connectivity index is 1.90. The van der Waals surface area contributed by atoms with Crippen LogP contribution in [0.4, 0.5) is 0 Å². The number of hydrogen-bond acceptors (Lipinski definition) is 5. The van der Waals surface area contributed by atoms with E-state index in [1.807, 2.05) is 19.1 Å². The van der Waals surface area contributed by atoms with E-state index in [2.05, 4.69) is 6.58 Å². The number of fused-ring (bicyclic) bond motifs is 1. The average molecular weight is 394 g/mol. The number of aromatic hydroxyl groups is 3. The summed E-state index contributed by atoms with van der Waals surface area (Å²) in [6, 6.07) is 9.53. The van der Waals surface area contributed by atoms with Crippen LogP contribution in [0, 0.1) is 0 Å². The fourth-order valence-corrected chi connectivity index (χ4v) is 3.22. The average Bonchev–Trinajstić information content (AvgIpc) is 3.07. The van der Waals surface area contributed by atoms with Gasteiger partial charge in [-0.1, -0.05) is 23.8 Å². The van der Waals surface area contributed by atoms with Gasteiger partial charge in [0.15, 0.2) is 0 Å². The first-order chi connectivity index (χ1) is 13.7. The molecule has 5 nitrogen and oxygen atoms in total. The van der Waals surface area contributed by atoms with Crippen molar-refractivity contribution in [2.45, 2.75) is 39.2 Å². The maximum atomic E-state index is 10.4. The molecular weight excluding hydrogens is 368 g/mol. The molecule has 0 fully saturated rings. The van der Waals surface area contributed by atoms with Crippen molar-refractivity contribution in [2.24, 2.45) is 0 Å². The number of aliphatic hydroxyl groups is 1.